The lowest BCUT2D eigenvalue weighted by Crippen LogP contribution is -2.44. The molecule has 21 heavy (non-hydrogen) atoms. The Morgan fingerprint density at radius 1 is 1.24 bits per heavy atom. The van der Waals surface area contributed by atoms with Gasteiger partial charge in [0.15, 0.2) is 9.84 Å². The molecule has 0 aliphatic heterocycles. The number of benzene rings is 1. The normalized spacial score (nSPS) is 13.0. The first kappa shape index (κ1) is 17.2. The molecule has 1 aromatic rings. The molecular formula is C14H19NO5S. The molecule has 116 valence electrons. The van der Waals surface area contributed by atoms with E-state index < -0.39 is 27.8 Å². The number of hydrogen-bond acceptors (Lipinski definition) is 4. The molecule has 7 heteroatoms. The van der Waals surface area contributed by atoms with Crippen LogP contribution in [-0.2, 0) is 14.6 Å². The molecule has 1 atom stereocenters. The summed E-state index contributed by atoms with van der Waals surface area (Å²) >= 11 is 0. The van der Waals surface area contributed by atoms with Crippen LogP contribution < -0.4 is 5.32 Å². The molecule has 1 aromatic carbocycles. The number of carbonyl (C=O) groups excluding carboxylic acids is 1. The molecule has 0 fully saturated rings. The second-order valence-corrected chi connectivity index (χ2v) is 7.18. The van der Waals surface area contributed by atoms with Gasteiger partial charge in [0.25, 0.3) is 5.91 Å². The highest BCUT2D eigenvalue weighted by Crippen LogP contribution is 2.17. The minimum absolute atomic E-state index is 0.0359. The Labute approximate surface area is 124 Å². The lowest BCUT2D eigenvalue weighted by molar-refractivity contribution is -0.140. The van der Waals surface area contributed by atoms with Crippen molar-refractivity contribution in [3.8, 4) is 0 Å². The fourth-order valence-electron chi connectivity index (χ4n) is 1.81. The van der Waals surface area contributed by atoms with Crippen molar-refractivity contribution in [1.82, 2.24) is 5.32 Å². The Kier molecular flexibility index (Phi) is 5.48. The van der Waals surface area contributed by atoms with E-state index in [0.29, 0.717) is 0 Å². The largest absolute Gasteiger partial charge is 0.480 e. The molecule has 0 aliphatic carbocycles. The summed E-state index contributed by atoms with van der Waals surface area (Å²) in [7, 11) is -3.56. The van der Waals surface area contributed by atoms with Crippen LogP contribution in [-0.4, -0.2) is 37.2 Å². The molecule has 1 rings (SSSR count). The zero-order valence-corrected chi connectivity index (χ0v) is 13.0. The van der Waals surface area contributed by atoms with Crippen molar-refractivity contribution in [3.05, 3.63) is 29.8 Å². The SMILES string of the molecule is CCS(=O)(=O)c1ccccc1C(=O)NC(C(=O)O)C(C)C. The van der Waals surface area contributed by atoms with E-state index in [4.69, 9.17) is 5.11 Å². The van der Waals surface area contributed by atoms with Gasteiger partial charge in [0, 0.05) is 0 Å². The Morgan fingerprint density at radius 2 is 1.81 bits per heavy atom. The molecule has 6 nitrogen and oxygen atoms in total. The standard InChI is InChI=1S/C14H19NO5S/c1-4-21(19,20)11-8-6-5-7-10(11)13(16)15-12(9(2)3)14(17)18/h5-9,12H,4H2,1-3H3,(H,15,16)(H,17,18). The molecule has 1 unspecified atom stereocenters. The first-order valence-electron chi connectivity index (χ1n) is 6.56. The Bertz CT molecular complexity index is 637. The minimum atomic E-state index is -3.56. The predicted octanol–water partition coefficient (Wildman–Crippen LogP) is 1.32. The third-order valence-corrected chi connectivity index (χ3v) is 4.85. The highest BCUT2D eigenvalue weighted by molar-refractivity contribution is 7.91. The summed E-state index contributed by atoms with van der Waals surface area (Å²) in [6.07, 6.45) is 0. The zero-order chi connectivity index (χ0) is 16.2. The fraction of sp³-hybridized carbons (Fsp3) is 0.429. The van der Waals surface area contributed by atoms with E-state index in [-0.39, 0.29) is 22.1 Å². The van der Waals surface area contributed by atoms with Gasteiger partial charge in [0.05, 0.1) is 16.2 Å². The monoisotopic (exact) mass is 313 g/mol. The van der Waals surface area contributed by atoms with Crippen LogP contribution in [0, 0.1) is 5.92 Å². The van der Waals surface area contributed by atoms with Crippen LogP contribution in [0.1, 0.15) is 31.1 Å². The second kappa shape index (κ2) is 6.71. The van der Waals surface area contributed by atoms with E-state index >= 15 is 0 Å². The van der Waals surface area contributed by atoms with E-state index in [1.807, 2.05) is 0 Å². The van der Waals surface area contributed by atoms with Gasteiger partial charge in [0.2, 0.25) is 0 Å². The lowest BCUT2D eigenvalue weighted by Gasteiger charge is -2.18. The quantitative estimate of drug-likeness (QED) is 0.825. The van der Waals surface area contributed by atoms with Crippen LogP contribution in [0.2, 0.25) is 0 Å². The van der Waals surface area contributed by atoms with Crippen LogP contribution in [0.3, 0.4) is 0 Å². The molecule has 0 saturated carbocycles. The van der Waals surface area contributed by atoms with Gasteiger partial charge >= 0.3 is 5.97 Å². The van der Waals surface area contributed by atoms with Crippen LogP contribution in [0.25, 0.3) is 0 Å². The predicted molar refractivity (Wildman–Crippen MR) is 77.9 cm³/mol. The first-order chi connectivity index (χ1) is 9.70. The number of sulfone groups is 1. The Balaban J connectivity index is 3.18. The van der Waals surface area contributed by atoms with Crippen molar-refractivity contribution in [2.45, 2.75) is 31.7 Å². The molecular weight excluding hydrogens is 294 g/mol. The second-order valence-electron chi connectivity index (χ2n) is 4.93. The maximum absolute atomic E-state index is 12.2. The molecule has 0 radical (unpaired) electrons. The smallest absolute Gasteiger partial charge is 0.326 e. The number of carbonyl (C=O) groups is 2. The van der Waals surface area contributed by atoms with Crippen molar-refractivity contribution in [1.29, 1.82) is 0 Å². The van der Waals surface area contributed by atoms with Gasteiger partial charge in [-0.1, -0.05) is 32.9 Å². The zero-order valence-electron chi connectivity index (χ0n) is 12.2. The summed E-state index contributed by atoms with van der Waals surface area (Å²) in [6, 6.07) is 4.70. The van der Waals surface area contributed by atoms with Gasteiger partial charge in [-0.05, 0) is 18.1 Å². The van der Waals surface area contributed by atoms with Crippen LogP contribution in [0.5, 0.6) is 0 Å². The summed E-state index contributed by atoms with van der Waals surface area (Å²) in [5, 5.41) is 11.4. The van der Waals surface area contributed by atoms with Gasteiger partial charge in [-0.15, -0.1) is 0 Å². The van der Waals surface area contributed by atoms with Gasteiger partial charge in [0.1, 0.15) is 6.04 Å². The van der Waals surface area contributed by atoms with Crippen LogP contribution in [0.15, 0.2) is 29.2 Å². The van der Waals surface area contributed by atoms with Gasteiger partial charge < -0.3 is 10.4 Å². The number of nitrogens with one attached hydrogen (secondary N) is 1. The van der Waals surface area contributed by atoms with Crippen molar-refractivity contribution in [3.63, 3.8) is 0 Å². The van der Waals surface area contributed by atoms with E-state index in [1.54, 1.807) is 13.8 Å². The maximum atomic E-state index is 12.2. The number of hydrogen-bond donors (Lipinski definition) is 2. The molecule has 0 aliphatic rings. The maximum Gasteiger partial charge on any atom is 0.326 e. The number of carboxylic acids is 1. The molecule has 0 saturated heterocycles. The average molecular weight is 313 g/mol. The van der Waals surface area contributed by atoms with Crippen molar-refractivity contribution in [2.24, 2.45) is 5.92 Å². The third kappa shape index (κ3) is 4.04. The Hall–Kier alpha value is -1.89. The highest BCUT2D eigenvalue weighted by atomic mass is 32.2. The van der Waals surface area contributed by atoms with Gasteiger partial charge in [-0.2, -0.15) is 0 Å². The topological polar surface area (TPSA) is 101 Å². The number of carboxylic acid groups (broad SMARTS) is 1. The summed E-state index contributed by atoms with van der Waals surface area (Å²) in [5.74, 6) is -2.32. The number of rotatable bonds is 6. The average Bonchev–Trinajstić information content (AvgIpc) is 2.43. The number of amides is 1. The van der Waals surface area contributed by atoms with E-state index in [1.165, 1.54) is 31.2 Å². The van der Waals surface area contributed by atoms with Gasteiger partial charge in [-0.3, -0.25) is 4.79 Å². The number of aliphatic carboxylic acids is 1. The summed E-state index contributed by atoms with van der Waals surface area (Å²) in [5.41, 5.74) is -0.0359. The van der Waals surface area contributed by atoms with Crippen molar-refractivity contribution in [2.75, 3.05) is 5.75 Å². The van der Waals surface area contributed by atoms with Crippen molar-refractivity contribution < 1.29 is 23.1 Å². The van der Waals surface area contributed by atoms with E-state index in [2.05, 4.69) is 5.32 Å². The molecule has 0 spiro atoms. The minimum Gasteiger partial charge on any atom is -0.480 e. The molecule has 0 bridgehead atoms. The molecule has 1 amide bonds. The lowest BCUT2D eigenvalue weighted by atomic mass is 10.0. The van der Waals surface area contributed by atoms with Crippen LogP contribution >= 0.6 is 0 Å². The summed E-state index contributed by atoms with van der Waals surface area (Å²) < 4.78 is 24.0. The fourth-order valence-corrected chi connectivity index (χ4v) is 2.91. The summed E-state index contributed by atoms with van der Waals surface area (Å²) in [6.45, 7) is 4.81. The first-order valence-corrected chi connectivity index (χ1v) is 8.21. The highest BCUT2D eigenvalue weighted by Gasteiger charge is 2.27. The third-order valence-electron chi connectivity index (χ3n) is 3.07. The molecule has 0 aromatic heterocycles. The summed E-state index contributed by atoms with van der Waals surface area (Å²) in [4.78, 5) is 23.2. The van der Waals surface area contributed by atoms with Crippen LogP contribution in [0.4, 0.5) is 0 Å². The van der Waals surface area contributed by atoms with Gasteiger partial charge in [-0.25, -0.2) is 13.2 Å². The molecule has 2 N–H and O–H groups in total. The Morgan fingerprint density at radius 3 is 2.29 bits per heavy atom. The molecule has 0 heterocycles. The van der Waals surface area contributed by atoms with E-state index in [9.17, 15) is 18.0 Å². The van der Waals surface area contributed by atoms with Crippen molar-refractivity contribution >= 4 is 21.7 Å². The van der Waals surface area contributed by atoms with E-state index in [0.717, 1.165) is 0 Å².